The minimum atomic E-state index is -0.320. The minimum absolute atomic E-state index is 0.0693. The number of ether oxygens (including phenoxy) is 1. The third kappa shape index (κ3) is 2.08. The number of aryl methyl sites for hydroxylation is 2. The van der Waals surface area contributed by atoms with Crippen LogP contribution >= 0.6 is 0 Å². The second-order valence-electron chi connectivity index (χ2n) is 6.51. The van der Waals surface area contributed by atoms with Gasteiger partial charge in [-0.3, -0.25) is 14.5 Å². The third-order valence-electron chi connectivity index (χ3n) is 5.07. The summed E-state index contributed by atoms with van der Waals surface area (Å²) in [6.07, 6.45) is 0.363. The number of imide groups is 1. The lowest BCUT2D eigenvalue weighted by Crippen LogP contribution is -2.31. The van der Waals surface area contributed by atoms with Crippen molar-refractivity contribution < 1.29 is 23.8 Å². The Balaban J connectivity index is 2.01. The number of benzene rings is 2. The average Bonchev–Trinajstić information content (AvgIpc) is 3.14. The van der Waals surface area contributed by atoms with E-state index in [1.165, 1.54) is 4.90 Å². The van der Waals surface area contributed by atoms with Crippen LogP contribution in [0.4, 0.5) is 0 Å². The maximum Gasteiger partial charge on any atom is 0.261 e. The van der Waals surface area contributed by atoms with Gasteiger partial charge in [-0.2, -0.15) is 0 Å². The van der Waals surface area contributed by atoms with Crippen LogP contribution in [0.25, 0.3) is 21.9 Å². The van der Waals surface area contributed by atoms with Crippen molar-refractivity contribution in [1.29, 1.82) is 0 Å². The molecule has 2 heterocycles. The van der Waals surface area contributed by atoms with Gasteiger partial charge in [-0.25, -0.2) is 0 Å². The Bertz CT molecular complexity index is 1080. The van der Waals surface area contributed by atoms with Crippen molar-refractivity contribution in [2.45, 2.75) is 20.3 Å². The maximum atomic E-state index is 12.9. The van der Waals surface area contributed by atoms with E-state index in [4.69, 9.17) is 14.3 Å². The number of carbonyl (C=O) groups excluding carboxylic acids is 2. The second-order valence-corrected chi connectivity index (χ2v) is 6.51. The standard InChI is InChI=1S/C20H19NO5/c1-10-15-13-6-5-12(25-3)9-14(13)26-18(15)11(2)17-16(10)19(23)21(20(17)24)7-4-8-22/h5-6,9,22H,4,7-8H2,1-3H3. The molecule has 0 aliphatic carbocycles. The van der Waals surface area contributed by atoms with Gasteiger partial charge in [0.25, 0.3) is 11.8 Å². The monoisotopic (exact) mass is 353 g/mol. The fourth-order valence-electron chi connectivity index (χ4n) is 3.78. The first kappa shape index (κ1) is 16.6. The van der Waals surface area contributed by atoms with E-state index in [1.807, 2.05) is 19.1 Å². The molecule has 0 spiro atoms. The molecule has 2 aromatic carbocycles. The predicted molar refractivity (Wildman–Crippen MR) is 96.8 cm³/mol. The van der Waals surface area contributed by atoms with Crippen LogP contribution in [0.15, 0.2) is 22.6 Å². The summed E-state index contributed by atoms with van der Waals surface area (Å²) in [5.74, 6) is 0.0598. The molecule has 26 heavy (non-hydrogen) atoms. The molecule has 1 aliphatic heterocycles. The first-order valence-corrected chi connectivity index (χ1v) is 8.50. The van der Waals surface area contributed by atoms with Crippen molar-refractivity contribution in [3.05, 3.63) is 40.5 Å². The molecule has 4 rings (SSSR count). The summed E-state index contributed by atoms with van der Waals surface area (Å²) in [4.78, 5) is 26.9. The highest BCUT2D eigenvalue weighted by molar-refractivity contribution is 6.26. The van der Waals surface area contributed by atoms with Crippen molar-refractivity contribution in [3.63, 3.8) is 0 Å². The van der Waals surface area contributed by atoms with E-state index >= 15 is 0 Å². The Kier molecular flexibility index (Phi) is 3.73. The molecule has 0 atom stereocenters. The highest BCUT2D eigenvalue weighted by Crippen LogP contribution is 2.41. The first-order valence-electron chi connectivity index (χ1n) is 8.50. The number of carbonyl (C=O) groups is 2. The summed E-state index contributed by atoms with van der Waals surface area (Å²) >= 11 is 0. The largest absolute Gasteiger partial charge is 0.497 e. The van der Waals surface area contributed by atoms with Crippen LogP contribution in [0.2, 0.25) is 0 Å². The summed E-state index contributed by atoms with van der Waals surface area (Å²) in [6, 6.07) is 5.56. The van der Waals surface area contributed by atoms with E-state index in [9.17, 15) is 9.59 Å². The van der Waals surface area contributed by atoms with Crippen molar-refractivity contribution in [1.82, 2.24) is 4.90 Å². The van der Waals surface area contributed by atoms with Crippen LogP contribution in [0.3, 0.4) is 0 Å². The number of rotatable bonds is 4. The van der Waals surface area contributed by atoms with Crippen LogP contribution < -0.4 is 4.74 Å². The van der Waals surface area contributed by atoms with E-state index in [-0.39, 0.29) is 25.0 Å². The van der Waals surface area contributed by atoms with Gasteiger partial charge in [0.1, 0.15) is 16.9 Å². The SMILES string of the molecule is COc1ccc2c(c1)oc1c(C)c3c(c(C)c12)C(=O)N(CCCO)C3=O. The van der Waals surface area contributed by atoms with E-state index in [0.29, 0.717) is 40.0 Å². The van der Waals surface area contributed by atoms with Gasteiger partial charge in [0.15, 0.2) is 0 Å². The van der Waals surface area contributed by atoms with E-state index in [2.05, 4.69) is 0 Å². The van der Waals surface area contributed by atoms with Gasteiger partial charge in [-0.05, 0) is 38.0 Å². The maximum absolute atomic E-state index is 12.9. The summed E-state index contributed by atoms with van der Waals surface area (Å²) in [5, 5.41) is 10.8. The zero-order valence-corrected chi connectivity index (χ0v) is 14.9. The molecule has 0 saturated heterocycles. The number of amides is 2. The lowest BCUT2D eigenvalue weighted by Gasteiger charge is -2.12. The summed E-state index contributed by atoms with van der Waals surface area (Å²) in [5.41, 5.74) is 3.54. The number of fused-ring (bicyclic) bond motifs is 4. The Morgan fingerprint density at radius 1 is 1.12 bits per heavy atom. The summed E-state index contributed by atoms with van der Waals surface area (Å²) < 4.78 is 11.3. The van der Waals surface area contributed by atoms with Crippen molar-refractivity contribution in [2.75, 3.05) is 20.3 Å². The quantitative estimate of drug-likeness (QED) is 0.729. The van der Waals surface area contributed by atoms with Gasteiger partial charge in [0, 0.05) is 35.6 Å². The molecule has 0 bridgehead atoms. The normalized spacial score (nSPS) is 13.9. The summed E-state index contributed by atoms with van der Waals surface area (Å²) in [7, 11) is 1.59. The molecular formula is C20H19NO5. The Morgan fingerprint density at radius 2 is 1.81 bits per heavy atom. The van der Waals surface area contributed by atoms with Gasteiger partial charge in [0.2, 0.25) is 0 Å². The number of hydrogen-bond acceptors (Lipinski definition) is 5. The van der Waals surface area contributed by atoms with Gasteiger partial charge >= 0.3 is 0 Å². The highest BCUT2D eigenvalue weighted by Gasteiger charge is 2.39. The number of aliphatic hydroxyl groups is 1. The van der Waals surface area contributed by atoms with Crippen LogP contribution in [-0.2, 0) is 0 Å². The lowest BCUT2D eigenvalue weighted by atomic mass is 9.94. The molecule has 134 valence electrons. The minimum Gasteiger partial charge on any atom is -0.497 e. The molecule has 0 radical (unpaired) electrons. The Morgan fingerprint density at radius 3 is 2.46 bits per heavy atom. The van der Waals surface area contributed by atoms with E-state index in [0.717, 1.165) is 16.3 Å². The van der Waals surface area contributed by atoms with Crippen LogP contribution in [0.1, 0.15) is 38.3 Å². The summed E-state index contributed by atoms with van der Waals surface area (Å²) in [6.45, 7) is 3.79. The molecule has 6 heteroatoms. The highest BCUT2D eigenvalue weighted by atomic mass is 16.5. The van der Waals surface area contributed by atoms with Crippen LogP contribution in [0.5, 0.6) is 5.75 Å². The van der Waals surface area contributed by atoms with Crippen molar-refractivity contribution >= 4 is 33.8 Å². The fraction of sp³-hybridized carbons (Fsp3) is 0.300. The van der Waals surface area contributed by atoms with Crippen molar-refractivity contribution in [3.8, 4) is 5.75 Å². The molecule has 1 N–H and O–H groups in total. The Labute approximate surface area is 149 Å². The predicted octanol–water partition coefficient (Wildman–Crippen LogP) is 3.19. The number of nitrogens with zero attached hydrogens (tertiary/aromatic N) is 1. The molecular weight excluding hydrogens is 334 g/mol. The van der Waals surface area contributed by atoms with Gasteiger partial charge < -0.3 is 14.3 Å². The number of hydrogen-bond donors (Lipinski definition) is 1. The molecule has 0 unspecified atom stereocenters. The van der Waals surface area contributed by atoms with Crippen LogP contribution in [0, 0.1) is 13.8 Å². The zero-order chi connectivity index (χ0) is 18.6. The number of furan rings is 1. The lowest BCUT2D eigenvalue weighted by molar-refractivity contribution is 0.0645. The molecule has 6 nitrogen and oxygen atoms in total. The van der Waals surface area contributed by atoms with E-state index in [1.54, 1.807) is 20.1 Å². The third-order valence-corrected chi connectivity index (χ3v) is 5.07. The Hall–Kier alpha value is -2.86. The molecule has 0 saturated carbocycles. The van der Waals surface area contributed by atoms with Gasteiger partial charge in [-0.1, -0.05) is 0 Å². The van der Waals surface area contributed by atoms with Crippen LogP contribution in [-0.4, -0.2) is 42.1 Å². The van der Waals surface area contributed by atoms with Crippen molar-refractivity contribution in [2.24, 2.45) is 0 Å². The topological polar surface area (TPSA) is 80.0 Å². The first-order chi connectivity index (χ1) is 12.5. The number of methoxy groups -OCH3 is 1. The molecule has 3 aromatic rings. The molecule has 2 amide bonds. The molecule has 0 fully saturated rings. The smallest absolute Gasteiger partial charge is 0.261 e. The fourth-order valence-corrected chi connectivity index (χ4v) is 3.78. The zero-order valence-electron chi connectivity index (χ0n) is 14.9. The van der Waals surface area contributed by atoms with Gasteiger partial charge in [-0.15, -0.1) is 0 Å². The molecule has 1 aromatic heterocycles. The molecule has 1 aliphatic rings. The van der Waals surface area contributed by atoms with Gasteiger partial charge in [0.05, 0.1) is 18.2 Å². The number of aliphatic hydroxyl groups excluding tert-OH is 1. The second kappa shape index (κ2) is 5.85. The van der Waals surface area contributed by atoms with E-state index < -0.39 is 0 Å². The average molecular weight is 353 g/mol.